The van der Waals surface area contributed by atoms with Crippen LogP contribution < -0.4 is 11.3 Å². The molecule has 0 aromatic carbocycles. The number of nitrogen functional groups attached to an aromatic ring is 1. The predicted molar refractivity (Wildman–Crippen MR) is 50.3 cm³/mol. The fourth-order valence-electron chi connectivity index (χ4n) is 1.03. The molecule has 0 aliphatic rings. The second-order valence-electron chi connectivity index (χ2n) is 3.06. The second kappa shape index (κ2) is 5.08. The molecule has 0 radical (unpaired) electrons. The standard InChI is InChI=1S/C8H11F3N4O/c1-5-2-6(15-12)14-7(13-5)3-16-4-8(9,10)11/h2H,3-4,12H2,1H3,(H,13,14,15). The molecule has 5 nitrogen and oxygen atoms in total. The van der Waals surface area contributed by atoms with Gasteiger partial charge in [0.1, 0.15) is 19.0 Å². The molecule has 90 valence electrons. The highest BCUT2D eigenvalue weighted by atomic mass is 19.4. The van der Waals surface area contributed by atoms with E-state index < -0.39 is 12.8 Å². The maximum absolute atomic E-state index is 11.8. The van der Waals surface area contributed by atoms with Gasteiger partial charge in [0.05, 0.1) is 0 Å². The van der Waals surface area contributed by atoms with Crippen molar-refractivity contribution in [3.05, 3.63) is 17.6 Å². The summed E-state index contributed by atoms with van der Waals surface area (Å²) in [6.07, 6.45) is -4.35. The molecule has 0 atom stereocenters. The van der Waals surface area contributed by atoms with Gasteiger partial charge in [-0.25, -0.2) is 15.8 Å². The third-order valence-electron chi connectivity index (χ3n) is 1.55. The Balaban J connectivity index is 2.57. The monoisotopic (exact) mass is 236 g/mol. The Morgan fingerprint density at radius 2 is 2.12 bits per heavy atom. The maximum atomic E-state index is 11.8. The number of aryl methyl sites for hydroxylation is 1. The average molecular weight is 236 g/mol. The Morgan fingerprint density at radius 1 is 1.44 bits per heavy atom. The number of hydrogen-bond acceptors (Lipinski definition) is 5. The third kappa shape index (κ3) is 4.41. The summed E-state index contributed by atoms with van der Waals surface area (Å²) in [5, 5.41) is 0. The van der Waals surface area contributed by atoms with Crippen LogP contribution in [0.25, 0.3) is 0 Å². The van der Waals surface area contributed by atoms with E-state index >= 15 is 0 Å². The number of anilines is 1. The minimum Gasteiger partial charge on any atom is -0.364 e. The van der Waals surface area contributed by atoms with Gasteiger partial charge in [-0.1, -0.05) is 0 Å². The van der Waals surface area contributed by atoms with E-state index in [2.05, 4.69) is 20.1 Å². The van der Waals surface area contributed by atoms with E-state index in [0.29, 0.717) is 11.5 Å². The fourth-order valence-corrected chi connectivity index (χ4v) is 1.03. The normalized spacial score (nSPS) is 11.6. The van der Waals surface area contributed by atoms with Crippen molar-refractivity contribution in [2.45, 2.75) is 19.7 Å². The first-order valence-electron chi connectivity index (χ1n) is 4.36. The largest absolute Gasteiger partial charge is 0.411 e. The Morgan fingerprint density at radius 3 is 2.69 bits per heavy atom. The van der Waals surface area contributed by atoms with Crippen LogP contribution in [0.2, 0.25) is 0 Å². The molecule has 0 bridgehead atoms. The number of rotatable bonds is 4. The molecule has 0 fully saturated rings. The van der Waals surface area contributed by atoms with Crippen molar-refractivity contribution in [2.75, 3.05) is 12.0 Å². The van der Waals surface area contributed by atoms with Crippen LogP contribution in [0.1, 0.15) is 11.5 Å². The molecule has 0 spiro atoms. The van der Waals surface area contributed by atoms with E-state index in [1.165, 1.54) is 0 Å². The van der Waals surface area contributed by atoms with Crippen LogP contribution in [-0.4, -0.2) is 22.8 Å². The number of hydrogen-bond donors (Lipinski definition) is 2. The highest BCUT2D eigenvalue weighted by Gasteiger charge is 2.27. The molecular formula is C8H11F3N4O. The second-order valence-corrected chi connectivity index (χ2v) is 3.06. The Labute approximate surface area is 89.8 Å². The SMILES string of the molecule is Cc1cc(NN)nc(COCC(F)(F)F)n1. The molecule has 1 rings (SSSR count). The summed E-state index contributed by atoms with van der Waals surface area (Å²) in [5.41, 5.74) is 2.88. The number of nitrogens with one attached hydrogen (secondary N) is 1. The lowest BCUT2D eigenvalue weighted by atomic mass is 10.4. The zero-order chi connectivity index (χ0) is 12.2. The highest BCUT2D eigenvalue weighted by molar-refractivity contribution is 5.33. The van der Waals surface area contributed by atoms with E-state index in [4.69, 9.17) is 5.84 Å². The minimum absolute atomic E-state index is 0.150. The van der Waals surface area contributed by atoms with Crippen LogP contribution in [0.15, 0.2) is 6.07 Å². The molecule has 0 saturated carbocycles. The van der Waals surface area contributed by atoms with E-state index in [-0.39, 0.29) is 12.4 Å². The summed E-state index contributed by atoms with van der Waals surface area (Å²) >= 11 is 0. The summed E-state index contributed by atoms with van der Waals surface area (Å²) in [4.78, 5) is 7.73. The van der Waals surface area contributed by atoms with Gasteiger partial charge in [0.25, 0.3) is 0 Å². The lowest BCUT2D eigenvalue weighted by Crippen LogP contribution is -2.18. The lowest BCUT2D eigenvalue weighted by Gasteiger charge is -2.08. The molecule has 1 aromatic heterocycles. The molecule has 3 N–H and O–H groups in total. The Hall–Kier alpha value is -1.41. The third-order valence-corrected chi connectivity index (χ3v) is 1.55. The molecule has 0 saturated heterocycles. The first-order valence-corrected chi connectivity index (χ1v) is 4.36. The van der Waals surface area contributed by atoms with Crippen LogP contribution in [0, 0.1) is 6.92 Å². The quantitative estimate of drug-likeness (QED) is 0.606. The molecule has 0 unspecified atom stereocenters. The molecule has 1 heterocycles. The molecule has 8 heteroatoms. The number of ether oxygens (including phenoxy) is 1. The molecule has 0 aliphatic heterocycles. The summed E-state index contributed by atoms with van der Waals surface area (Å²) in [6, 6.07) is 1.56. The predicted octanol–water partition coefficient (Wildman–Crippen LogP) is 1.15. The van der Waals surface area contributed by atoms with Gasteiger partial charge in [0.15, 0.2) is 5.82 Å². The van der Waals surface area contributed by atoms with Crippen molar-refractivity contribution in [1.82, 2.24) is 9.97 Å². The van der Waals surface area contributed by atoms with Gasteiger partial charge in [-0.15, -0.1) is 0 Å². The number of nitrogens with two attached hydrogens (primary N) is 1. The van der Waals surface area contributed by atoms with Crippen LogP contribution in [0.5, 0.6) is 0 Å². The Bertz CT molecular complexity index is 356. The van der Waals surface area contributed by atoms with Gasteiger partial charge in [-0.3, -0.25) is 0 Å². The van der Waals surface area contributed by atoms with Crippen molar-refractivity contribution < 1.29 is 17.9 Å². The summed E-state index contributed by atoms with van der Waals surface area (Å²) in [7, 11) is 0. The van der Waals surface area contributed by atoms with Gasteiger partial charge < -0.3 is 10.2 Å². The molecule has 0 aliphatic carbocycles. The Kier molecular flexibility index (Phi) is 4.02. The van der Waals surface area contributed by atoms with Crippen molar-refractivity contribution in [3.8, 4) is 0 Å². The van der Waals surface area contributed by atoms with E-state index in [0.717, 1.165) is 0 Å². The van der Waals surface area contributed by atoms with Crippen LogP contribution in [0.4, 0.5) is 19.0 Å². The maximum Gasteiger partial charge on any atom is 0.411 e. The summed E-state index contributed by atoms with van der Waals surface area (Å²) in [6.45, 7) is 0.0430. The smallest absolute Gasteiger partial charge is 0.364 e. The van der Waals surface area contributed by atoms with Crippen molar-refractivity contribution in [3.63, 3.8) is 0 Å². The highest BCUT2D eigenvalue weighted by Crippen LogP contribution is 2.15. The molecule has 0 amide bonds. The molecule has 16 heavy (non-hydrogen) atoms. The average Bonchev–Trinajstić information content (AvgIpc) is 2.14. The van der Waals surface area contributed by atoms with E-state index in [1.807, 2.05) is 0 Å². The first kappa shape index (κ1) is 12.7. The number of aromatic nitrogens is 2. The van der Waals surface area contributed by atoms with Crippen molar-refractivity contribution in [1.29, 1.82) is 0 Å². The lowest BCUT2D eigenvalue weighted by molar-refractivity contribution is -0.177. The zero-order valence-electron chi connectivity index (χ0n) is 8.51. The van der Waals surface area contributed by atoms with Gasteiger partial charge in [-0.05, 0) is 6.92 Å². The van der Waals surface area contributed by atoms with Gasteiger partial charge in [-0.2, -0.15) is 13.2 Å². The molecular weight excluding hydrogens is 225 g/mol. The zero-order valence-corrected chi connectivity index (χ0v) is 8.51. The van der Waals surface area contributed by atoms with Gasteiger partial charge >= 0.3 is 6.18 Å². The number of halogens is 3. The number of nitrogens with zero attached hydrogens (tertiary/aromatic N) is 2. The van der Waals surface area contributed by atoms with Crippen LogP contribution in [-0.2, 0) is 11.3 Å². The summed E-state index contributed by atoms with van der Waals surface area (Å²) < 4.78 is 39.8. The number of alkyl halides is 3. The van der Waals surface area contributed by atoms with Crippen molar-refractivity contribution in [2.24, 2.45) is 5.84 Å². The number of hydrazine groups is 1. The fraction of sp³-hybridized carbons (Fsp3) is 0.500. The van der Waals surface area contributed by atoms with E-state index in [9.17, 15) is 13.2 Å². The minimum atomic E-state index is -4.35. The summed E-state index contributed by atoms with van der Waals surface area (Å²) in [5.74, 6) is 5.61. The molecule has 1 aromatic rings. The van der Waals surface area contributed by atoms with Crippen LogP contribution in [0.3, 0.4) is 0 Å². The van der Waals surface area contributed by atoms with Crippen LogP contribution >= 0.6 is 0 Å². The van der Waals surface area contributed by atoms with Gasteiger partial charge in [0, 0.05) is 11.8 Å². The first-order chi connectivity index (χ1) is 7.40. The van der Waals surface area contributed by atoms with E-state index in [1.54, 1.807) is 13.0 Å². The topological polar surface area (TPSA) is 73.1 Å². The van der Waals surface area contributed by atoms with Gasteiger partial charge in [0.2, 0.25) is 0 Å². The van der Waals surface area contributed by atoms with Crippen molar-refractivity contribution >= 4 is 5.82 Å².